The van der Waals surface area contributed by atoms with E-state index in [1.807, 2.05) is 0 Å². The molecule has 2 aromatic heterocycles. The molecule has 0 unspecified atom stereocenters. The molecule has 0 aliphatic heterocycles. The Morgan fingerprint density at radius 2 is 2.17 bits per heavy atom. The Morgan fingerprint density at radius 1 is 1.42 bits per heavy atom. The van der Waals surface area contributed by atoms with Crippen molar-refractivity contribution < 1.29 is 19.1 Å². The first-order valence-corrected chi connectivity index (χ1v) is 9.41. The Kier molecular flexibility index (Phi) is 6.29. The van der Waals surface area contributed by atoms with E-state index in [9.17, 15) is 14.4 Å². The molecule has 0 aliphatic rings. The summed E-state index contributed by atoms with van der Waals surface area (Å²) in [5, 5.41) is 10.4. The lowest BCUT2D eigenvalue weighted by Crippen LogP contribution is -2.16. The highest BCUT2D eigenvalue weighted by molar-refractivity contribution is 8.01. The van der Waals surface area contributed by atoms with Crippen LogP contribution in [0, 0.1) is 6.92 Å². The number of carbonyl (C=O) groups is 3. The predicted octanol–water partition coefficient (Wildman–Crippen LogP) is 1.91. The average Bonchev–Trinajstić information content (AvgIpc) is 3.13. The number of aromatic nitrogens is 2. The van der Waals surface area contributed by atoms with Gasteiger partial charge in [0.15, 0.2) is 4.34 Å². The number of thiophene rings is 1. The third kappa shape index (κ3) is 4.30. The number of esters is 1. The standard InChI is InChI=1S/C13H14N4O4S3/c1-3-21-12(20)8-6(2)9(10(14)19)24-11(8)16-7(18)4-22-13-17-15-5-23-13/h5H,3-4H2,1-2H3,(H2,14,19)(H,16,18). The molecular weight excluding hydrogens is 372 g/mol. The van der Waals surface area contributed by atoms with Crippen LogP contribution in [-0.2, 0) is 9.53 Å². The van der Waals surface area contributed by atoms with Crippen LogP contribution in [0.4, 0.5) is 5.00 Å². The van der Waals surface area contributed by atoms with Crippen molar-refractivity contribution in [1.29, 1.82) is 0 Å². The minimum atomic E-state index is -0.660. The first-order valence-electron chi connectivity index (χ1n) is 6.73. The van der Waals surface area contributed by atoms with Crippen LogP contribution in [0.1, 0.15) is 32.5 Å². The Balaban J connectivity index is 2.18. The fourth-order valence-electron chi connectivity index (χ4n) is 1.80. The highest BCUT2D eigenvalue weighted by Crippen LogP contribution is 2.33. The molecule has 128 valence electrons. The average molecular weight is 386 g/mol. The fourth-order valence-corrected chi connectivity index (χ4v) is 4.15. The third-order valence-electron chi connectivity index (χ3n) is 2.77. The summed E-state index contributed by atoms with van der Waals surface area (Å²) in [4.78, 5) is 35.9. The summed E-state index contributed by atoms with van der Waals surface area (Å²) in [5.74, 6) is -1.50. The number of amides is 2. The van der Waals surface area contributed by atoms with E-state index in [2.05, 4.69) is 15.5 Å². The van der Waals surface area contributed by atoms with E-state index < -0.39 is 11.9 Å². The van der Waals surface area contributed by atoms with Gasteiger partial charge in [-0.3, -0.25) is 9.59 Å². The van der Waals surface area contributed by atoms with E-state index in [1.165, 1.54) is 23.1 Å². The van der Waals surface area contributed by atoms with Gasteiger partial charge in [-0.15, -0.1) is 21.5 Å². The Labute approximate surface area is 149 Å². The summed E-state index contributed by atoms with van der Waals surface area (Å²) in [6, 6.07) is 0. The molecule has 0 bridgehead atoms. The molecule has 0 saturated carbocycles. The molecule has 0 aromatic carbocycles. The number of ether oxygens (including phenoxy) is 1. The maximum absolute atomic E-state index is 12.1. The Bertz CT molecular complexity index is 758. The van der Waals surface area contributed by atoms with E-state index in [4.69, 9.17) is 10.5 Å². The van der Waals surface area contributed by atoms with Gasteiger partial charge in [-0.2, -0.15) is 0 Å². The number of carbonyl (C=O) groups excluding carboxylic acids is 3. The second-order valence-corrected chi connectivity index (χ2v) is 7.46. The second-order valence-electron chi connectivity index (χ2n) is 4.39. The number of nitrogens with zero attached hydrogens (tertiary/aromatic N) is 2. The van der Waals surface area contributed by atoms with Gasteiger partial charge in [-0.25, -0.2) is 4.79 Å². The molecule has 2 aromatic rings. The van der Waals surface area contributed by atoms with Crippen LogP contribution in [0.5, 0.6) is 0 Å². The maximum Gasteiger partial charge on any atom is 0.341 e. The monoisotopic (exact) mass is 386 g/mol. The summed E-state index contributed by atoms with van der Waals surface area (Å²) in [5.41, 5.74) is 7.44. The van der Waals surface area contributed by atoms with Crippen molar-refractivity contribution in [3.63, 3.8) is 0 Å². The van der Waals surface area contributed by atoms with Crippen LogP contribution in [-0.4, -0.2) is 40.3 Å². The molecule has 2 heterocycles. The number of nitrogens with one attached hydrogen (secondary N) is 1. The van der Waals surface area contributed by atoms with Crippen LogP contribution in [0.2, 0.25) is 0 Å². The molecule has 2 rings (SSSR count). The van der Waals surface area contributed by atoms with Gasteiger partial charge in [0, 0.05) is 0 Å². The van der Waals surface area contributed by atoms with Gasteiger partial charge in [0.1, 0.15) is 10.5 Å². The van der Waals surface area contributed by atoms with Crippen molar-refractivity contribution >= 4 is 57.2 Å². The second kappa shape index (κ2) is 8.22. The molecule has 3 N–H and O–H groups in total. The highest BCUT2D eigenvalue weighted by Gasteiger charge is 2.25. The lowest BCUT2D eigenvalue weighted by atomic mass is 10.1. The molecule has 11 heteroatoms. The SMILES string of the molecule is CCOC(=O)c1c(NC(=O)CSc2nncs2)sc(C(N)=O)c1C. The quantitative estimate of drug-likeness (QED) is 0.550. The summed E-state index contributed by atoms with van der Waals surface area (Å²) in [6.45, 7) is 3.44. The normalized spacial score (nSPS) is 10.4. The maximum atomic E-state index is 12.1. The van der Waals surface area contributed by atoms with Gasteiger partial charge >= 0.3 is 5.97 Å². The van der Waals surface area contributed by atoms with Crippen LogP contribution in [0.15, 0.2) is 9.85 Å². The number of hydrogen-bond acceptors (Lipinski definition) is 9. The smallest absolute Gasteiger partial charge is 0.341 e. The summed E-state index contributed by atoms with van der Waals surface area (Å²) >= 11 is 3.51. The van der Waals surface area contributed by atoms with Crippen molar-refractivity contribution in [3.05, 3.63) is 21.5 Å². The largest absolute Gasteiger partial charge is 0.462 e. The minimum Gasteiger partial charge on any atom is -0.462 e. The lowest BCUT2D eigenvalue weighted by molar-refractivity contribution is -0.113. The van der Waals surface area contributed by atoms with Gasteiger partial charge in [-0.05, 0) is 19.4 Å². The minimum absolute atomic E-state index is 0.0975. The summed E-state index contributed by atoms with van der Waals surface area (Å²) < 4.78 is 5.65. The first kappa shape index (κ1) is 18.4. The van der Waals surface area contributed by atoms with Crippen LogP contribution in [0.25, 0.3) is 0 Å². The van der Waals surface area contributed by atoms with E-state index >= 15 is 0 Å². The van der Waals surface area contributed by atoms with Gasteiger partial charge in [0.25, 0.3) is 5.91 Å². The number of thioether (sulfide) groups is 1. The molecule has 0 atom stereocenters. The molecule has 0 fully saturated rings. The molecular formula is C13H14N4O4S3. The fraction of sp³-hybridized carbons (Fsp3) is 0.308. The van der Waals surface area contributed by atoms with Gasteiger partial charge in [-0.1, -0.05) is 23.1 Å². The van der Waals surface area contributed by atoms with E-state index in [1.54, 1.807) is 19.4 Å². The molecule has 0 radical (unpaired) electrons. The van der Waals surface area contributed by atoms with E-state index in [0.29, 0.717) is 9.90 Å². The van der Waals surface area contributed by atoms with Crippen molar-refractivity contribution in [2.75, 3.05) is 17.7 Å². The van der Waals surface area contributed by atoms with Gasteiger partial charge in [0.05, 0.1) is 22.8 Å². The number of hydrogen-bond donors (Lipinski definition) is 2. The zero-order valence-electron chi connectivity index (χ0n) is 12.8. The highest BCUT2D eigenvalue weighted by atomic mass is 32.2. The van der Waals surface area contributed by atoms with Crippen LogP contribution in [0.3, 0.4) is 0 Å². The molecule has 0 spiro atoms. The zero-order valence-corrected chi connectivity index (χ0v) is 15.3. The van der Waals surface area contributed by atoms with E-state index in [-0.39, 0.29) is 33.7 Å². The molecule has 0 aliphatic carbocycles. The third-order valence-corrected chi connectivity index (χ3v) is 5.85. The van der Waals surface area contributed by atoms with Crippen molar-refractivity contribution in [2.45, 2.75) is 18.2 Å². The van der Waals surface area contributed by atoms with Crippen molar-refractivity contribution in [1.82, 2.24) is 10.2 Å². The Morgan fingerprint density at radius 3 is 2.75 bits per heavy atom. The summed E-state index contributed by atoms with van der Waals surface area (Å²) in [7, 11) is 0. The van der Waals surface area contributed by atoms with Crippen molar-refractivity contribution in [3.8, 4) is 0 Å². The van der Waals surface area contributed by atoms with Gasteiger partial charge in [0.2, 0.25) is 5.91 Å². The van der Waals surface area contributed by atoms with Gasteiger partial charge < -0.3 is 15.8 Å². The van der Waals surface area contributed by atoms with Crippen LogP contribution < -0.4 is 11.1 Å². The van der Waals surface area contributed by atoms with Crippen LogP contribution >= 0.6 is 34.4 Å². The molecule has 0 saturated heterocycles. The number of anilines is 1. The first-order chi connectivity index (χ1) is 11.4. The molecule has 24 heavy (non-hydrogen) atoms. The zero-order chi connectivity index (χ0) is 17.7. The molecule has 8 nitrogen and oxygen atoms in total. The number of rotatable bonds is 7. The van der Waals surface area contributed by atoms with Crippen molar-refractivity contribution in [2.24, 2.45) is 5.73 Å². The lowest BCUT2D eigenvalue weighted by Gasteiger charge is -2.06. The Hall–Kier alpha value is -1.98. The topological polar surface area (TPSA) is 124 Å². The summed E-state index contributed by atoms with van der Waals surface area (Å²) in [6.07, 6.45) is 0. The number of nitrogens with two attached hydrogens (primary N) is 1. The van der Waals surface area contributed by atoms with E-state index in [0.717, 1.165) is 11.3 Å². The molecule has 2 amide bonds. The number of primary amides is 1. The predicted molar refractivity (Wildman–Crippen MR) is 92.8 cm³/mol.